The number of ether oxygens (including phenoxy) is 1. The van der Waals surface area contributed by atoms with Crippen molar-refractivity contribution < 1.29 is 19.4 Å². The maximum absolute atomic E-state index is 12.3. The quantitative estimate of drug-likeness (QED) is 0.484. The zero-order valence-electron chi connectivity index (χ0n) is 21.7. The fourth-order valence-corrected chi connectivity index (χ4v) is 3.10. The number of carboxylic acid groups (broad SMARTS) is 1. The Morgan fingerprint density at radius 1 is 0.812 bits per heavy atom. The predicted molar refractivity (Wildman–Crippen MR) is 134 cm³/mol. The van der Waals surface area contributed by atoms with Crippen LogP contribution in [0.25, 0.3) is 0 Å². The second-order valence-electron chi connectivity index (χ2n) is 7.99. The summed E-state index contributed by atoms with van der Waals surface area (Å²) in [7, 11) is 0. The van der Waals surface area contributed by atoms with Crippen molar-refractivity contribution in [3.05, 3.63) is 52.1 Å². The number of aliphatic carboxylic acids is 1. The van der Waals surface area contributed by atoms with Crippen LogP contribution < -0.4 is 10.1 Å². The van der Waals surface area contributed by atoms with Crippen LogP contribution in [-0.2, 0) is 9.59 Å². The Morgan fingerprint density at radius 3 is 1.62 bits per heavy atom. The minimum Gasteiger partial charge on any atom is -0.481 e. The fraction of sp³-hybridized carbons (Fsp3) is 0.481. The van der Waals surface area contributed by atoms with E-state index in [1.807, 2.05) is 27.7 Å². The zero-order valence-corrected chi connectivity index (χ0v) is 21.7. The van der Waals surface area contributed by atoms with Gasteiger partial charge in [-0.1, -0.05) is 41.5 Å². The normalized spacial score (nSPS) is 10.2. The van der Waals surface area contributed by atoms with Crippen LogP contribution in [-0.4, -0.2) is 17.0 Å². The summed E-state index contributed by atoms with van der Waals surface area (Å²) in [5.74, 6) is 0.204. The van der Waals surface area contributed by atoms with Crippen molar-refractivity contribution >= 4 is 17.6 Å². The lowest BCUT2D eigenvalue weighted by Crippen LogP contribution is -2.32. The Labute approximate surface area is 194 Å². The van der Waals surface area contributed by atoms with Gasteiger partial charge in [-0.3, -0.25) is 9.59 Å². The van der Waals surface area contributed by atoms with Crippen LogP contribution in [0.1, 0.15) is 75.8 Å². The first-order valence-electron chi connectivity index (χ1n) is 11.3. The molecule has 0 unspecified atom stereocenters. The van der Waals surface area contributed by atoms with Crippen LogP contribution in [0, 0.1) is 40.0 Å². The topological polar surface area (TPSA) is 75.6 Å². The fourth-order valence-electron chi connectivity index (χ4n) is 3.10. The van der Waals surface area contributed by atoms with Gasteiger partial charge in [0.2, 0.25) is 5.91 Å². The van der Waals surface area contributed by atoms with Crippen LogP contribution in [0.3, 0.4) is 0 Å². The molecule has 0 saturated carbocycles. The zero-order chi connectivity index (χ0) is 25.2. The average Bonchev–Trinajstić information content (AvgIpc) is 2.77. The van der Waals surface area contributed by atoms with Crippen molar-refractivity contribution in [2.45, 2.75) is 82.6 Å². The van der Waals surface area contributed by atoms with Gasteiger partial charge in [0, 0.05) is 5.69 Å². The summed E-state index contributed by atoms with van der Waals surface area (Å²) < 4.78 is 6.15. The van der Waals surface area contributed by atoms with E-state index in [-0.39, 0.29) is 12.3 Å². The van der Waals surface area contributed by atoms with E-state index in [9.17, 15) is 9.59 Å². The maximum atomic E-state index is 12.3. The number of anilines is 1. The molecule has 2 rings (SSSR count). The van der Waals surface area contributed by atoms with E-state index in [2.05, 4.69) is 39.9 Å². The molecule has 0 aromatic heterocycles. The highest BCUT2D eigenvalue weighted by molar-refractivity contribution is 5.96. The molecule has 2 N–H and O–H groups in total. The lowest BCUT2D eigenvalue weighted by Gasteiger charge is -2.21. The van der Waals surface area contributed by atoms with Gasteiger partial charge in [-0.05, 0) is 86.7 Å². The first-order chi connectivity index (χ1) is 14.9. The first-order valence-corrected chi connectivity index (χ1v) is 11.3. The minimum absolute atomic E-state index is 0.231. The highest BCUT2D eigenvalue weighted by atomic mass is 16.5. The molecule has 178 valence electrons. The molecule has 0 aliphatic rings. The van der Waals surface area contributed by atoms with Crippen LogP contribution >= 0.6 is 0 Å². The van der Waals surface area contributed by atoms with Crippen LogP contribution in [0.15, 0.2) is 24.3 Å². The number of carboxylic acids is 1. The Hall–Kier alpha value is -2.82. The van der Waals surface area contributed by atoms with Gasteiger partial charge in [0.05, 0.1) is 11.8 Å². The van der Waals surface area contributed by atoms with Gasteiger partial charge >= 0.3 is 5.97 Å². The molecule has 0 aliphatic heterocycles. The molecule has 0 bridgehead atoms. The second-order valence-corrected chi connectivity index (χ2v) is 7.99. The summed E-state index contributed by atoms with van der Waals surface area (Å²) in [5.41, 5.74) is 5.57. The number of rotatable bonds is 6. The third kappa shape index (κ3) is 7.40. The smallest absolute Gasteiger partial charge is 0.304 e. The van der Waals surface area contributed by atoms with Gasteiger partial charge < -0.3 is 15.2 Å². The molecule has 2 aromatic rings. The molecule has 0 spiro atoms. The standard InChI is InChI=1S/C23H29NO4.2C2H6/c1-13-14(2)16(4)21(17(5)15(13)3)28-19-10-8-18(9-11-19)24-22(27)23(6,7)12-20(25)26;2*1-2/h8-11H,12H2,1-7H3,(H,24,27)(H,25,26);2*1-2H3. The molecule has 0 fully saturated rings. The molecule has 5 heteroatoms. The lowest BCUT2D eigenvalue weighted by molar-refractivity contribution is -0.142. The third-order valence-electron chi connectivity index (χ3n) is 5.47. The molecule has 0 aliphatic carbocycles. The first kappa shape index (κ1) is 29.2. The summed E-state index contributed by atoms with van der Waals surface area (Å²) in [6.45, 7) is 21.7. The minimum atomic E-state index is -1.00. The summed E-state index contributed by atoms with van der Waals surface area (Å²) >= 11 is 0. The molecule has 0 saturated heterocycles. The van der Waals surface area contributed by atoms with Crippen LogP contribution in [0.5, 0.6) is 11.5 Å². The van der Waals surface area contributed by atoms with Crippen molar-refractivity contribution in [2.75, 3.05) is 5.32 Å². The molecule has 5 nitrogen and oxygen atoms in total. The average molecular weight is 444 g/mol. The Kier molecular flexibility index (Phi) is 11.8. The lowest BCUT2D eigenvalue weighted by atomic mass is 9.88. The van der Waals surface area contributed by atoms with Crippen molar-refractivity contribution in [3.63, 3.8) is 0 Å². The number of benzene rings is 2. The SMILES string of the molecule is CC.CC.Cc1c(C)c(C)c(Oc2ccc(NC(=O)C(C)(C)CC(=O)O)cc2)c(C)c1C. The molecule has 0 radical (unpaired) electrons. The number of carbonyl (C=O) groups is 2. The molecule has 2 aromatic carbocycles. The van der Waals surface area contributed by atoms with Gasteiger partial charge in [-0.2, -0.15) is 0 Å². The van der Waals surface area contributed by atoms with E-state index in [4.69, 9.17) is 9.84 Å². The Bertz CT molecular complexity index is 883. The largest absolute Gasteiger partial charge is 0.481 e. The molecule has 1 amide bonds. The van der Waals surface area contributed by atoms with Gasteiger partial charge in [0.1, 0.15) is 11.5 Å². The molecular weight excluding hydrogens is 402 g/mol. The molecular formula is C27H41NO4. The third-order valence-corrected chi connectivity index (χ3v) is 5.47. The molecule has 0 atom stereocenters. The number of hydrogen-bond donors (Lipinski definition) is 2. The van der Waals surface area contributed by atoms with Gasteiger partial charge in [-0.15, -0.1) is 0 Å². The molecule has 32 heavy (non-hydrogen) atoms. The summed E-state index contributed by atoms with van der Waals surface area (Å²) in [4.78, 5) is 23.3. The van der Waals surface area contributed by atoms with E-state index in [1.54, 1.807) is 38.1 Å². The van der Waals surface area contributed by atoms with Crippen molar-refractivity contribution in [1.29, 1.82) is 0 Å². The summed E-state index contributed by atoms with van der Waals surface area (Å²) in [5, 5.41) is 11.7. The van der Waals surface area contributed by atoms with Crippen molar-refractivity contribution in [2.24, 2.45) is 5.41 Å². The predicted octanol–water partition coefficient (Wildman–Crippen LogP) is 7.51. The van der Waals surface area contributed by atoms with E-state index in [1.165, 1.54) is 16.7 Å². The van der Waals surface area contributed by atoms with E-state index >= 15 is 0 Å². The highest BCUT2D eigenvalue weighted by Crippen LogP contribution is 2.35. The van der Waals surface area contributed by atoms with Crippen molar-refractivity contribution in [3.8, 4) is 11.5 Å². The molecule has 0 heterocycles. The Balaban J connectivity index is 0.00000227. The van der Waals surface area contributed by atoms with Gasteiger partial charge in [0.15, 0.2) is 0 Å². The van der Waals surface area contributed by atoms with E-state index < -0.39 is 11.4 Å². The van der Waals surface area contributed by atoms with E-state index in [0.717, 1.165) is 16.9 Å². The summed E-state index contributed by atoms with van der Waals surface area (Å²) in [6, 6.07) is 7.09. The summed E-state index contributed by atoms with van der Waals surface area (Å²) in [6.07, 6.45) is -0.231. The Morgan fingerprint density at radius 2 is 1.22 bits per heavy atom. The monoisotopic (exact) mass is 443 g/mol. The maximum Gasteiger partial charge on any atom is 0.304 e. The number of carbonyl (C=O) groups excluding carboxylic acids is 1. The van der Waals surface area contributed by atoms with Crippen molar-refractivity contribution in [1.82, 2.24) is 0 Å². The van der Waals surface area contributed by atoms with Crippen LogP contribution in [0.2, 0.25) is 0 Å². The second kappa shape index (κ2) is 12.9. The number of nitrogens with one attached hydrogen (secondary N) is 1. The van der Waals surface area contributed by atoms with Gasteiger partial charge in [0.25, 0.3) is 0 Å². The number of hydrogen-bond acceptors (Lipinski definition) is 3. The van der Waals surface area contributed by atoms with Crippen LogP contribution in [0.4, 0.5) is 5.69 Å². The highest BCUT2D eigenvalue weighted by Gasteiger charge is 2.30. The number of amides is 1. The van der Waals surface area contributed by atoms with Gasteiger partial charge in [-0.25, -0.2) is 0 Å². The van der Waals surface area contributed by atoms with E-state index in [0.29, 0.717) is 11.4 Å².